The van der Waals surface area contributed by atoms with Gasteiger partial charge in [-0.3, -0.25) is 9.71 Å². The highest BCUT2D eigenvalue weighted by molar-refractivity contribution is 7.94. The van der Waals surface area contributed by atoms with Crippen LogP contribution in [-0.2, 0) is 14.8 Å². The number of hydrogen-bond acceptors (Lipinski definition) is 8. The summed E-state index contributed by atoms with van der Waals surface area (Å²) in [5.74, 6) is 7.04. The zero-order valence-electron chi connectivity index (χ0n) is 18.0. The van der Waals surface area contributed by atoms with Crippen molar-refractivity contribution in [2.75, 3.05) is 35.9 Å². The molecule has 10 heteroatoms. The van der Waals surface area contributed by atoms with E-state index < -0.39 is 10.0 Å². The number of aromatic nitrogens is 3. The summed E-state index contributed by atoms with van der Waals surface area (Å²) in [5, 5.41) is 0. The van der Waals surface area contributed by atoms with Crippen molar-refractivity contribution in [1.29, 1.82) is 0 Å². The van der Waals surface area contributed by atoms with Gasteiger partial charge in [-0.05, 0) is 39.0 Å². The first-order valence-corrected chi connectivity index (χ1v) is 12.4. The maximum absolute atomic E-state index is 12.7. The van der Waals surface area contributed by atoms with E-state index in [1.165, 1.54) is 17.7 Å². The van der Waals surface area contributed by atoms with Crippen LogP contribution in [0.1, 0.15) is 27.4 Å². The van der Waals surface area contributed by atoms with Crippen LogP contribution in [0.4, 0.5) is 11.5 Å². The van der Waals surface area contributed by atoms with Crippen LogP contribution in [0.3, 0.4) is 0 Å². The van der Waals surface area contributed by atoms with Gasteiger partial charge in [0, 0.05) is 29.7 Å². The predicted molar refractivity (Wildman–Crippen MR) is 125 cm³/mol. The topological polar surface area (TPSA) is 97.3 Å². The third kappa shape index (κ3) is 4.91. The first kappa shape index (κ1) is 22.2. The van der Waals surface area contributed by atoms with Crippen molar-refractivity contribution in [3.05, 3.63) is 58.1 Å². The minimum absolute atomic E-state index is 0.262. The highest BCUT2D eigenvalue weighted by Crippen LogP contribution is 2.25. The largest absolute Gasteiger partial charge is 0.378 e. The van der Waals surface area contributed by atoms with E-state index >= 15 is 0 Å². The minimum Gasteiger partial charge on any atom is -0.378 e. The number of pyridine rings is 1. The van der Waals surface area contributed by atoms with Gasteiger partial charge >= 0.3 is 0 Å². The number of nitrogens with zero attached hydrogens (tertiary/aromatic N) is 4. The third-order valence-corrected chi connectivity index (χ3v) is 7.83. The molecule has 0 unspecified atom stereocenters. The molecule has 3 aromatic heterocycles. The second-order valence-corrected chi connectivity index (χ2v) is 10.5. The van der Waals surface area contributed by atoms with Gasteiger partial charge in [0.2, 0.25) is 0 Å². The van der Waals surface area contributed by atoms with E-state index in [0.717, 1.165) is 35.0 Å². The molecule has 32 heavy (non-hydrogen) atoms. The molecule has 1 aliphatic rings. The van der Waals surface area contributed by atoms with E-state index in [4.69, 9.17) is 4.74 Å². The molecule has 0 atom stereocenters. The fraction of sp³-hybridized carbons (Fsp3) is 0.318. The Morgan fingerprint density at radius 3 is 2.56 bits per heavy atom. The zero-order chi connectivity index (χ0) is 22.7. The molecule has 1 aliphatic heterocycles. The standard InChI is InChI=1S/C22H23N5O3S2/c1-15-4-7-21(31-15)32(28,29)26-20-12-18(13-23-17(20)3)5-6-19-16(2)24-14-25-22(19)27-8-10-30-11-9-27/h4,7,12-14,26H,8-11H2,1-3H3. The van der Waals surface area contributed by atoms with Gasteiger partial charge in [0.05, 0.1) is 35.9 Å². The van der Waals surface area contributed by atoms with Gasteiger partial charge in [-0.1, -0.05) is 11.8 Å². The van der Waals surface area contributed by atoms with Crippen molar-refractivity contribution in [1.82, 2.24) is 15.0 Å². The quantitative estimate of drug-likeness (QED) is 0.587. The number of thiophene rings is 1. The van der Waals surface area contributed by atoms with Gasteiger partial charge < -0.3 is 9.64 Å². The summed E-state index contributed by atoms with van der Waals surface area (Å²) in [7, 11) is -3.68. The lowest BCUT2D eigenvalue weighted by molar-refractivity contribution is 0.122. The zero-order valence-corrected chi connectivity index (χ0v) is 19.7. The Balaban J connectivity index is 1.64. The Morgan fingerprint density at radius 1 is 1.06 bits per heavy atom. The number of nitrogens with one attached hydrogen (secondary N) is 1. The highest BCUT2D eigenvalue weighted by atomic mass is 32.2. The number of aryl methyl sites for hydroxylation is 3. The summed E-state index contributed by atoms with van der Waals surface area (Å²) in [4.78, 5) is 16.1. The number of sulfonamides is 1. The molecule has 0 aliphatic carbocycles. The third-order valence-electron chi connectivity index (χ3n) is 4.97. The fourth-order valence-corrected chi connectivity index (χ4v) is 5.60. The Kier molecular flexibility index (Phi) is 6.41. The number of ether oxygens (including phenoxy) is 1. The van der Waals surface area contributed by atoms with Crippen LogP contribution < -0.4 is 9.62 Å². The average molecular weight is 470 g/mol. The molecular formula is C22H23N5O3S2. The maximum atomic E-state index is 12.7. The molecule has 1 fully saturated rings. The van der Waals surface area contributed by atoms with E-state index in [0.29, 0.717) is 30.2 Å². The molecule has 166 valence electrons. The van der Waals surface area contributed by atoms with Crippen LogP contribution in [0.2, 0.25) is 0 Å². The Labute approximate surface area is 191 Å². The van der Waals surface area contributed by atoms with Gasteiger partial charge in [-0.25, -0.2) is 18.4 Å². The minimum atomic E-state index is -3.68. The lowest BCUT2D eigenvalue weighted by Crippen LogP contribution is -2.37. The predicted octanol–water partition coefficient (Wildman–Crippen LogP) is 2.90. The molecule has 0 bridgehead atoms. The van der Waals surface area contributed by atoms with Gasteiger partial charge in [0.1, 0.15) is 16.4 Å². The first-order chi connectivity index (χ1) is 15.3. The van der Waals surface area contributed by atoms with E-state index in [9.17, 15) is 8.42 Å². The molecule has 8 nitrogen and oxygen atoms in total. The SMILES string of the molecule is Cc1ccc(S(=O)(=O)Nc2cc(C#Cc3c(C)ncnc3N3CCOCC3)cnc2C)s1. The number of anilines is 2. The molecule has 0 spiro atoms. The fourth-order valence-electron chi connectivity index (χ4n) is 3.21. The summed E-state index contributed by atoms with van der Waals surface area (Å²) >= 11 is 1.22. The molecular weight excluding hydrogens is 446 g/mol. The molecule has 0 radical (unpaired) electrons. The number of rotatable bonds is 4. The molecule has 0 saturated carbocycles. The second kappa shape index (κ2) is 9.24. The van der Waals surface area contributed by atoms with E-state index in [1.54, 1.807) is 31.3 Å². The van der Waals surface area contributed by atoms with Crippen molar-refractivity contribution >= 4 is 32.9 Å². The molecule has 1 N–H and O–H groups in total. The Morgan fingerprint density at radius 2 is 1.84 bits per heavy atom. The van der Waals surface area contributed by atoms with Crippen LogP contribution in [-0.4, -0.2) is 49.7 Å². The normalized spacial score (nSPS) is 14.0. The molecule has 4 heterocycles. The van der Waals surface area contributed by atoms with Crippen LogP contribution >= 0.6 is 11.3 Å². The van der Waals surface area contributed by atoms with Crippen molar-refractivity contribution in [2.24, 2.45) is 0 Å². The molecule has 0 aromatic carbocycles. The lowest BCUT2D eigenvalue weighted by Gasteiger charge is -2.28. The molecule has 0 amide bonds. The van der Waals surface area contributed by atoms with Gasteiger partial charge in [-0.2, -0.15) is 0 Å². The van der Waals surface area contributed by atoms with E-state index in [1.807, 2.05) is 13.8 Å². The summed E-state index contributed by atoms with van der Waals surface area (Å²) in [6.45, 7) is 8.28. The number of hydrogen-bond donors (Lipinski definition) is 1. The van der Waals surface area contributed by atoms with Crippen molar-refractivity contribution in [3.8, 4) is 11.8 Å². The summed E-state index contributed by atoms with van der Waals surface area (Å²) in [6.07, 6.45) is 3.17. The molecule has 4 rings (SSSR count). The van der Waals surface area contributed by atoms with Gasteiger partial charge in [0.15, 0.2) is 0 Å². The van der Waals surface area contributed by atoms with Crippen molar-refractivity contribution in [3.63, 3.8) is 0 Å². The van der Waals surface area contributed by atoms with Crippen LogP contribution in [0, 0.1) is 32.6 Å². The summed E-state index contributed by atoms with van der Waals surface area (Å²) in [5.41, 5.74) is 3.08. The molecule has 1 saturated heterocycles. The first-order valence-electron chi connectivity index (χ1n) is 10.1. The van der Waals surface area contributed by atoms with Crippen LogP contribution in [0.15, 0.2) is 34.9 Å². The van der Waals surface area contributed by atoms with E-state index in [-0.39, 0.29) is 4.21 Å². The Bertz CT molecular complexity index is 1300. The summed E-state index contributed by atoms with van der Waals surface area (Å²) in [6, 6.07) is 5.07. The second-order valence-electron chi connectivity index (χ2n) is 7.33. The van der Waals surface area contributed by atoms with Crippen molar-refractivity contribution in [2.45, 2.75) is 25.0 Å². The lowest BCUT2D eigenvalue weighted by atomic mass is 10.1. The molecule has 3 aromatic rings. The maximum Gasteiger partial charge on any atom is 0.271 e. The van der Waals surface area contributed by atoms with E-state index in [2.05, 4.69) is 36.4 Å². The van der Waals surface area contributed by atoms with Crippen LogP contribution in [0.25, 0.3) is 0 Å². The monoisotopic (exact) mass is 469 g/mol. The summed E-state index contributed by atoms with van der Waals surface area (Å²) < 4.78 is 33.8. The van der Waals surface area contributed by atoms with Gasteiger partial charge in [0.25, 0.3) is 10.0 Å². The highest BCUT2D eigenvalue weighted by Gasteiger charge is 2.19. The number of morpholine rings is 1. The average Bonchev–Trinajstić information content (AvgIpc) is 3.23. The smallest absolute Gasteiger partial charge is 0.271 e. The van der Waals surface area contributed by atoms with Gasteiger partial charge in [-0.15, -0.1) is 11.3 Å². The Hall–Kier alpha value is -3.00. The van der Waals surface area contributed by atoms with Crippen LogP contribution in [0.5, 0.6) is 0 Å². The van der Waals surface area contributed by atoms with Crippen molar-refractivity contribution < 1.29 is 13.2 Å².